The number of carboxylic acids is 1. The summed E-state index contributed by atoms with van der Waals surface area (Å²) in [5, 5.41) is 61.7. The second kappa shape index (κ2) is 14.5. The largest absolute Gasteiger partial charge is 0.508 e. The molecule has 7 N–H and O–H groups in total. The lowest BCUT2D eigenvalue weighted by Gasteiger charge is -2.30. The van der Waals surface area contributed by atoms with Crippen LogP contribution in [0.2, 0.25) is 0 Å². The van der Waals surface area contributed by atoms with Gasteiger partial charge < -0.3 is 35.6 Å². The van der Waals surface area contributed by atoms with Gasteiger partial charge in [0.15, 0.2) is 10.9 Å². The summed E-state index contributed by atoms with van der Waals surface area (Å²) in [5.41, 5.74) is 1.50. The number of nitrogens with zero attached hydrogens (tertiary/aromatic N) is 1. The first-order chi connectivity index (χ1) is 23.4. The third-order valence-electron chi connectivity index (χ3n) is 9.14. The van der Waals surface area contributed by atoms with E-state index in [-0.39, 0.29) is 68.2 Å². The van der Waals surface area contributed by atoms with E-state index < -0.39 is 51.7 Å². The molecule has 258 valence electrons. The maximum absolute atomic E-state index is 13.8. The van der Waals surface area contributed by atoms with E-state index in [1.54, 1.807) is 0 Å². The van der Waals surface area contributed by atoms with Gasteiger partial charge in [0.05, 0.1) is 30.0 Å². The van der Waals surface area contributed by atoms with Crippen molar-refractivity contribution in [3.8, 4) is 39.9 Å². The highest BCUT2D eigenvalue weighted by Gasteiger charge is 2.42. The summed E-state index contributed by atoms with van der Waals surface area (Å²) in [6.07, 6.45) is 9.76. The van der Waals surface area contributed by atoms with Crippen LogP contribution in [0.1, 0.15) is 116 Å². The average molecular weight is 690 g/mol. The number of hydrazone groups is 1. The van der Waals surface area contributed by atoms with Crippen LogP contribution < -0.4 is 15.5 Å². The molecular formula is C36H39N3O9S. The second-order valence-electron chi connectivity index (χ2n) is 12.2. The molecule has 2 aliphatic rings. The number of aromatic hydroxyl groups is 4. The number of carbonyl (C=O) groups excluding carboxylic acids is 2. The summed E-state index contributed by atoms with van der Waals surface area (Å²) >= 11 is 5.29. The van der Waals surface area contributed by atoms with Gasteiger partial charge in [-0.25, -0.2) is 4.79 Å². The van der Waals surface area contributed by atoms with Crippen LogP contribution >= 0.6 is 12.2 Å². The van der Waals surface area contributed by atoms with Crippen molar-refractivity contribution in [3.63, 3.8) is 0 Å². The fraction of sp³-hybridized carbons (Fsp3) is 0.361. The normalized spacial score (nSPS) is 13.0. The van der Waals surface area contributed by atoms with E-state index in [1.807, 2.05) is 0 Å². The zero-order chi connectivity index (χ0) is 35.6. The molecular weight excluding hydrogens is 650 g/mol. The number of aryl methyl sites for hydroxylation is 1. The topological polar surface area (TPSA) is 198 Å². The first-order valence-corrected chi connectivity index (χ1v) is 16.6. The number of benzene rings is 3. The monoisotopic (exact) mass is 689 g/mol. The molecule has 0 heterocycles. The number of ether oxygens (including phenoxy) is 1. The molecule has 0 aromatic heterocycles. The number of hydrogen-bond acceptors (Lipinski definition) is 10. The molecule has 0 saturated carbocycles. The fourth-order valence-electron chi connectivity index (χ4n) is 6.65. The van der Waals surface area contributed by atoms with Gasteiger partial charge in [-0.05, 0) is 56.1 Å². The number of ketones is 2. The highest BCUT2D eigenvalue weighted by molar-refractivity contribution is 7.80. The third kappa shape index (κ3) is 6.38. The van der Waals surface area contributed by atoms with Gasteiger partial charge in [0.2, 0.25) is 5.78 Å². The van der Waals surface area contributed by atoms with E-state index >= 15 is 0 Å². The van der Waals surface area contributed by atoms with Crippen molar-refractivity contribution < 1.29 is 44.7 Å². The van der Waals surface area contributed by atoms with Crippen molar-refractivity contribution >= 4 is 41.1 Å². The Kier molecular flexibility index (Phi) is 10.4. The standard InChI is InChI=1S/C36H39N3O9S/c1-4-5-6-7-8-9-10-13-37-36(49)39-38-16-19-14-18-11-12-20-25(23(18)31(43)24(19)35(46)47)32(44)27-28(34(20)48-3)33(45)26-21(30(27)42)15-22(40)17(2)29(26)41/h14-16,40-41,43-44H,4-13H2,1-3H3,(H,46,47)(H2,37,39,49)/b38-16+. The first-order valence-electron chi connectivity index (χ1n) is 16.2. The number of fused-ring (bicyclic) bond motifs is 5. The summed E-state index contributed by atoms with van der Waals surface area (Å²) in [5.74, 6) is -5.52. The number of rotatable bonds is 12. The number of nitrogens with one attached hydrogen (secondary N) is 2. The molecule has 0 atom stereocenters. The van der Waals surface area contributed by atoms with Crippen LogP contribution in [0.15, 0.2) is 17.2 Å². The second-order valence-corrected chi connectivity index (χ2v) is 12.6. The first kappa shape index (κ1) is 35.1. The molecule has 12 nitrogen and oxygen atoms in total. The fourth-order valence-corrected chi connectivity index (χ4v) is 6.80. The Labute approximate surface area is 288 Å². The molecule has 3 aromatic carbocycles. The highest BCUT2D eigenvalue weighted by atomic mass is 32.1. The number of carbonyl (C=O) groups is 3. The van der Waals surface area contributed by atoms with Crippen LogP contribution in [-0.2, 0) is 12.8 Å². The van der Waals surface area contributed by atoms with Crippen LogP contribution in [0.4, 0.5) is 0 Å². The van der Waals surface area contributed by atoms with Crippen molar-refractivity contribution in [3.05, 3.63) is 62.2 Å². The number of hydrogen-bond donors (Lipinski definition) is 7. The number of aromatic carboxylic acids is 1. The molecule has 0 aliphatic heterocycles. The minimum Gasteiger partial charge on any atom is -0.508 e. The van der Waals surface area contributed by atoms with Gasteiger partial charge in [0.25, 0.3) is 0 Å². The van der Waals surface area contributed by atoms with Gasteiger partial charge in [-0.1, -0.05) is 45.4 Å². The smallest absolute Gasteiger partial charge is 0.340 e. The average Bonchev–Trinajstić information content (AvgIpc) is 3.06. The lowest BCUT2D eigenvalue weighted by Crippen LogP contribution is -2.32. The summed E-state index contributed by atoms with van der Waals surface area (Å²) < 4.78 is 5.63. The predicted molar refractivity (Wildman–Crippen MR) is 187 cm³/mol. The van der Waals surface area contributed by atoms with E-state index in [2.05, 4.69) is 22.8 Å². The van der Waals surface area contributed by atoms with Gasteiger partial charge in [-0.15, -0.1) is 0 Å². The number of methoxy groups -OCH3 is 1. The van der Waals surface area contributed by atoms with Crippen molar-refractivity contribution in [2.45, 2.75) is 71.6 Å². The molecule has 49 heavy (non-hydrogen) atoms. The predicted octanol–water partition coefficient (Wildman–Crippen LogP) is 5.61. The SMILES string of the molecule is CCCCCCCCCNC(=S)N/N=C/c1cc2c(c(O)c1C(=O)O)-c1c(O)c3c(c(OC)c1CC2)C(=O)c1c(cc(O)c(C)c1O)C3=O. The minimum absolute atomic E-state index is 0.000626. The highest BCUT2D eigenvalue weighted by Crippen LogP contribution is 2.54. The lowest BCUT2D eigenvalue weighted by molar-refractivity contribution is 0.0693. The van der Waals surface area contributed by atoms with Crippen molar-refractivity contribution in [1.82, 2.24) is 10.7 Å². The molecule has 0 bridgehead atoms. The maximum Gasteiger partial charge on any atom is 0.340 e. The van der Waals surface area contributed by atoms with Crippen molar-refractivity contribution in [2.24, 2.45) is 5.10 Å². The molecule has 0 spiro atoms. The van der Waals surface area contributed by atoms with Crippen LogP contribution in [0.5, 0.6) is 28.7 Å². The molecule has 13 heteroatoms. The maximum atomic E-state index is 13.8. The Bertz CT molecular complexity index is 1920. The quantitative estimate of drug-likeness (QED) is 0.0421. The summed E-state index contributed by atoms with van der Waals surface area (Å²) in [4.78, 5) is 40.1. The van der Waals surface area contributed by atoms with Crippen molar-refractivity contribution in [1.29, 1.82) is 0 Å². The van der Waals surface area contributed by atoms with Gasteiger partial charge in [-0.2, -0.15) is 5.10 Å². The molecule has 0 unspecified atom stereocenters. The summed E-state index contributed by atoms with van der Waals surface area (Å²) in [6, 6.07) is 2.57. The Balaban J connectivity index is 1.48. The van der Waals surface area contributed by atoms with E-state index in [9.17, 15) is 39.9 Å². The molecule has 0 saturated heterocycles. The molecule has 3 aromatic rings. The Morgan fingerprint density at radius 3 is 2.27 bits per heavy atom. The van der Waals surface area contributed by atoms with E-state index in [1.165, 1.54) is 52.0 Å². The van der Waals surface area contributed by atoms with Crippen LogP contribution in [0.25, 0.3) is 11.1 Å². The van der Waals surface area contributed by atoms with E-state index in [4.69, 9.17) is 17.0 Å². The molecule has 2 aliphatic carbocycles. The zero-order valence-corrected chi connectivity index (χ0v) is 28.3. The van der Waals surface area contributed by atoms with E-state index in [0.29, 0.717) is 12.1 Å². The molecule has 0 amide bonds. The summed E-state index contributed by atoms with van der Waals surface area (Å²) in [7, 11) is 1.28. The zero-order valence-electron chi connectivity index (χ0n) is 27.5. The Morgan fingerprint density at radius 2 is 1.59 bits per heavy atom. The van der Waals surface area contributed by atoms with Crippen molar-refractivity contribution in [2.75, 3.05) is 13.7 Å². The lowest BCUT2D eigenvalue weighted by atomic mass is 9.74. The van der Waals surface area contributed by atoms with Crippen LogP contribution in [0, 0.1) is 6.92 Å². The Hall–Kier alpha value is -5.17. The van der Waals surface area contributed by atoms with E-state index in [0.717, 1.165) is 25.3 Å². The van der Waals surface area contributed by atoms with Gasteiger partial charge >= 0.3 is 5.97 Å². The molecule has 0 fully saturated rings. The van der Waals surface area contributed by atoms with Gasteiger partial charge in [0.1, 0.15) is 34.3 Å². The number of carboxylic acid groups (broad SMARTS) is 1. The molecule has 5 rings (SSSR count). The third-order valence-corrected chi connectivity index (χ3v) is 9.38. The number of phenols is 4. The van der Waals surface area contributed by atoms with Crippen LogP contribution in [-0.4, -0.2) is 68.1 Å². The number of unbranched alkanes of at least 4 members (excludes halogenated alkanes) is 6. The Morgan fingerprint density at radius 1 is 0.898 bits per heavy atom. The van der Waals surface area contributed by atoms with Gasteiger partial charge in [-0.3, -0.25) is 15.0 Å². The number of thiocarbonyl (C=S) groups is 1. The van der Waals surface area contributed by atoms with Crippen LogP contribution in [0.3, 0.4) is 0 Å². The summed E-state index contributed by atoms with van der Waals surface area (Å²) in [6.45, 7) is 4.23. The minimum atomic E-state index is -1.47. The number of phenolic OH excluding ortho intramolecular Hbond substituents is 3. The molecule has 0 radical (unpaired) electrons. The van der Waals surface area contributed by atoms with Gasteiger partial charge in [0, 0.05) is 39.9 Å².